The Kier molecular flexibility index (Phi) is 1.21. The van der Waals surface area contributed by atoms with Crippen LogP contribution in [0, 0.1) is 11.8 Å². The van der Waals surface area contributed by atoms with E-state index in [-0.39, 0.29) is 24.2 Å². The van der Waals surface area contributed by atoms with Crippen LogP contribution in [0.5, 0.6) is 0 Å². The minimum atomic E-state index is -0.764. The van der Waals surface area contributed by atoms with E-state index in [4.69, 9.17) is 14.2 Å². The normalized spacial score (nSPS) is 54.7. The van der Waals surface area contributed by atoms with Gasteiger partial charge in [0, 0.05) is 17.9 Å². The summed E-state index contributed by atoms with van der Waals surface area (Å²) in [6.45, 7) is 4.21. The Balaban J connectivity index is 1.88. The minimum Gasteiger partial charge on any atom is -0.490 e. The van der Waals surface area contributed by atoms with Gasteiger partial charge >= 0.3 is 0 Å². The van der Waals surface area contributed by atoms with E-state index in [0.717, 1.165) is 5.57 Å². The summed E-state index contributed by atoms with van der Waals surface area (Å²) in [4.78, 5) is 0. The standard InChI is InChI=1S/C11H12O4/c1-5-6-3-13-10-9-8(6)7(15-5)2-11(9,12)4-14-10/h3,7-10,12H,1-2,4H2/t7-,8-,9+,10+,11+/m0/s1. The third-order valence-electron chi connectivity index (χ3n) is 4.06. The number of hydrogen-bond acceptors (Lipinski definition) is 4. The van der Waals surface area contributed by atoms with Crippen LogP contribution in [0.1, 0.15) is 6.42 Å². The smallest absolute Gasteiger partial charge is 0.205 e. The summed E-state index contributed by atoms with van der Waals surface area (Å²) in [6, 6.07) is 0. The minimum absolute atomic E-state index is 0.0155. The molecule has 2 saturated heterocycles. The second-order valence-electron chi connectivity index (χ2n) is 4.83. The monoisotopic (exact) mass is 208 g/mol. The lowest BCUT2D eigenvalue weighted by atomic mass is 9.82. The second kappa shape index (κ2) is 2.23. The number of rotatable bonds is 0. The van der Waals surface area contributed by atoms with Gasteiger partial charge in [0.2, 0.25) is 6.29 Å². The van der Waals surface area contributed by atoms with Crippen molar-refractivity contribution in [3.05, 3.63) is 24.2 Å². The van der Waals surface area contributed by atoms with Crippen molar-refractivity contribution in [1.82, 2.24) is 0 Å². The SMILES string of the molecule is C=C1O[C@H]2C[C@@]3(O)CO[C@H]4OC=C1[C@@H]2[C@H]43. The summed E-state index contributed by atoms with van der Waals surface area (Å²) in [5.41, 5.74) is 0.239. The van der Waals surface area contributed by atoms with Gasteiger partial charge in [-0.25, -0.2) is 0 Å². The van der Waals surface area contributed by atoms with Crippen LogP contribution >= 0.6 is 0 Å². The molecule has 5 atom stereocenters. The first-order chi connectivity index (χ1) is 7.19. The zero-order valence-corrected chi connectivity index (χ0v) is 8.18. The van der Waals surface area contributed by atoms with Gasteiger partial charge in [0.1, 0.15) is 17.5 Å². The molecule has 80 valence electrons. The van der Waals surface area contributed by atoms with Crippen LogP contribution in [0.15, 0.2) is 24.2 Å². The van der Waals surface area contributed by atoms with Crippen LogP contribution in [0.4, 0.5) is 0 Å². The molecule has 0 unspecified atom stereocenters. The molecule has 3 fully saturated rings. The molecule has 0 bridgehead atoms. The van der Waals surface area contributed by atoms with Gasteiger partial charge < -0.3 is 19.3 Å². The Morgan fingerprint density at radius 2 is 2.40 bits per heavy atom. The first kappa shape index (κ1) is 8.19. The number of aliphatic hydroxyl groups is 1. The summed E-state index contributed by atoms with van der Waals surface area (Å²) in [6.07, 6.45) is 2.07. The molecule has 4 heteroatoms. The van der Waals surface area contributed by atoms with Gasteiger partial charge in [-0.15, -0.1) is 0 Å². The molecule has 4 nitrogen and oxygen atoms in total. The van der Waals surface area contributed by atoms with Gasteiger partial charge in [0.25, 0.3) is 0 Å². The highest BCUT2D eigenvalue weighted by atomic mass is 16.7. The van der Waals surface area contributed by atoms with Crippen molar-refractivity contribution in [2.45, 2.75) is 24.4 Å². The molecule has 3 heterocycles. The Morgan fingerprint density at radius 1 is 1.53 bits per heavy atom. The van der Waals surface area contributed by atoms with Crippen molar-refractivity contribution in [3.63, 3.8) is 0 Å². The largest absolute Gasteiger partial charge is 0.490 e. The van der Waals surface area contributed by atoms with Crippen LogP contribution in [0.3, 0.4) is 0 Å². The molecular weight excluding hydrogens is 196 g/mol. The Bertz CT molecular complexity index is 388. The van der Waals surface area contributed by atoms with E-state index in [1.807, 2.05) is 0 Å². The number of hydrogen-bond donors (Lipinski definition) is 1. The topological polar surface area (TPSA) is 47.9 Å². The average molecular weight is 208 g/mol. The van der Waals surface area contributed by atoms with E-state index in [1.54, 1.807) is 6.26 Å². The molecule has 4 aliphatic rings. The molecule has 1 N–H and O–H groups in total. The van der Waals surface area contributed by atoms with E-state index in [0.29, 0.717) is 18.8 Å². The van der Waals surface area contributed by atoms with Gasteiger partial charge in [-0.1, -0.05) is 6.58 Å². The van der Waals surface area contributed by atoms with Gasteiger partial charge in [-0.05, 0) is 0 Å². The first-order valence-corrected chi connectivity index (χ1v) is 5.24. The molecule has 1 aliphatic carbocycles. The molecule has 4 rings (SSSR count). The first-order valence-electron chi connectivity index (χ1n) is 5.24. The summed E-state index contributed by atoms with van der Waals surface area (Å²) >= 11 is 0. The third-order valence-corrected chi connectivity index (χ3v) is 4.06. The fourth-order valence-corrected chi connectivity index (χ4v) is 3.44. The zero-order chi connectivity index (χ0) is 10.2. The summed E-state index contributed by atoms with van der Waals surface area (Å²) in [5, 5.41) is 10.4. The van der Waals surface area contributed by atoms with Crippen LogP contribution in [-0.4, -0.2) is 29.7 Å². The van der Waals surface area contributed by atoms with Gasteiger partial charge in [-0.2, -0.15) is 0 Å². The quantitative estimate of drug-likeness (QED) is 0.631. The van der Waals surface area contributed by atoms with E-state index < -0.39 is 5.60 Å². The predicted octanol–water partition coefficient (Wildman–Crippen LogP) is 0.536. The fraction of sp³-hybridized carbons (Fsp3) is 0.636. The number of ether oxygens (including phenoxy) is 3. The third kappa shape index (κ3) is 0.777. The maximum Gasteiger partial charge on any atom is 0.205 e. The van der Waals surface area contributed by atoms with E-state index >= 15 is 0 Å². The van der Waals surface area contributed by atoms with Crippen LogP contribution < -0.4 is 0 Å². The molecule has 0 amide bonds. The lowest BCUT2D eigenvalue weighted by Gasteiger charge is -2.29. The van der Waals surface area contributed by atoms with Crippen molar-refractivity contribution in [3.8, 4) is 0 Å². The second-order valence-corrected chi connectivity index (χ2v) is 4.83. The highest BCUT2D eigenvalue weighted by Gasteiger charge is 2.66. The highest BCUT2D eigenvalue weighted by Crippen LogP contribution is 2.58. The summed E-state index contributed by atoms with van der Waals surface area (Å²) in [7, 11) is 0. The van der Waals surface area contributed by atoms with Gasteiger partial charge in [0.05, 0.1) is 18.8 Å². The van der Waals surface area contributed by atoms with E-state index in [9.17, 15) is 5.11 Å². The van der Waals surface area contributed by atoms with Crippen molar-refractivity contribution in [2.75, 3.05) is 6.61 Å². The Hall–Kier alpha value is -1.00. The average Bonchev–Trinajstić information content (AvgIpc) is 2.76. The summed E-state index contributed by atoms with van der Waals surface area (Å²) in [5.74, 6) is 0.919. The number of allylic oxidation sites excluding steroid dienone is 1. The molecule has 0 aromatic rings. The Labute approximate surface area is 87.1 Å². The molecule has 3 aliphatic heterocycles. The molecule has 0 spiro atoms. The maximum absolute atomic E-state index is 10.4. The van der Waals surface area contributed by atoms with E-state index in [2.05, 4.69) is 6.58 Å². The van der Waals surface area contributed by atoms with Gasteiger partial charge in [0.15, 0.2) is 0 Å². The zero-order valence-electron chi connectivity index (χ0n) is 8.18. The van der Waals surface area contributed by atoms with Gasteiger partial charge in [-0.3, -0.25) is 0 Å². The maximum atomic E-state index is 10.4. The Morgan fingerprint density at radius 3 is 3.27 bits per heavy atom. The van der Waals surface area contributed by atoms with Crippen molar-refractivity contribution in [2.24, 2.45) is 11.8 Å². The van der Waals surface area contributed by atoms with E-state index in [1.165, 1.54) is 0 Å². The predicted molar refractivity (Wildman–Crippen MR) is 49.5 cm³/mol. The van der Waals surface area contributed by atoms with Crippen LogP contribution in [-0.2, 0) is 14.2 Å². The molecular formula is C11H12O4. The van der Waals surface area contributed by atoms with Crippen molar-refractivity contribution < 1.29 is 19.3 Å². The molecule has 1 saturated carbocycles. The van der Waals surface area contributed by atoms with Crippen LogP contribution in [0.25, 0.3) is 0 Å². The molecule has 0 radical (unpaired) electrons. The van der Waals surface area contributed by atoms with Crippen LogP contribution in [0.2, 0.25) is 0 Å². The lowest BCUT2D eigenvalue weighted by Crippen LogP contribution is -2.39. The highest BCUT2D eigenvalue weighted by molar-refractivity contribution is 5.37. The van der Waals surface area contributed by atoms with Crippen molar-refractivity contribution >= 4 is 0 Å². The fourth-order valence-electron chi connectivity index (χ4n) is 3.44. The molecule has 15 heavy (non-hydrogen) atoms. The van der Waals surface area contributed by atoms with Crippen molar-refractivity contribution in [1.29, 1.82) is 0 Å². The molecule has 0 aromatic carbocycles. The summed E-state index contributed by atoms with van der Waals surface area (Å²) < 4.78 is 16.6. The molecule has 0 aromatic heterocycles. The lowest BCUT2D eigenvalue weighted by molar-refractivity contribution is -0.110.